The molecule has 0 spiro atoms. The molecule has 3 rings (SSSR count). The van der Waals surface area contributed by atoms with Crippen molar-refractivity contribution in [3.63, 3.8) is 0 Å². The summed E-state index contributed by atoms with van der Waals surface area (Å²) in [5.74, 6) is -0.376. The number of esters is 1. The summed E-state index contributed by atoms with van der Waals surface area (Å²) in [6.07, 6.45) is 6.42. The van der Waals surface area contributed by atoms with Crippen molar-refractivity contribution >= 4 is 17.8 Å². The van der Waals surface area contributed by atoms with Gasteiger partial charge in [-0.15, -0.1) is 0 Å². The van der Waals surface area contributed by atoms with Crippen LogP contribution >= 0.6 is 0 Å². The van der Waals surface area contributed by atoms with Crippen LogP contribution in [0.1, 0.15) is 38.3 Å². The number of ether oxygens (including phenoxy) is 1. The molecule has 21 heavy (non-hydrogen) atoms. The van der Waals surface area contributed by atoms with Crippen molar-refractivity contribution in [2.45, 2.75) is 12.8 Å². The summed E-state index contributed by atoms with van der Waals surface area (Å²) < 4.78 is 9.71. The highest BCUT2D eigenvalue weighted by Crippen LogP contribution is 2.27. The number of benzene rings is 1. The molecule has 0 aliphatic heterocycles. The van der Waals surface area contributed by atoms with Crippen molar-refractivity contribution in [2.24, 2.45) is 0 Å². The molecule has 1 aliphatic carbocycles. The summed E-state index contributed by atoms with van der Waals surface area (Å²) >= 11 is 0. The van der Waals surface area contributed by atoms with E-state index < -0.39 is 0 Å². The Kier molecular flexibility index (Phi) is 3.44. The van der Waals surface area contributed by atoms with Gasteiger partial charge >= 0.3 is 5.97 Å². The fraction of sp³-hybridized carbons (Fsp3) is 0.176. The molecule has 0 fully saturated rings. The Bertz CT molecular complexity index is 723. The van der Waals surface area contributed by atoms with Crippen molar-refractivity contribution in [3.05, 3.63) is 64.6 Å². The number of ketones is 1. The summed E-state index contributed by atoms with van der Waals surface area (Å²) in [4.78, 5) is 24.0. The average Bonchev–Trinajstić information content (AvgIpc) is 3.02. The van der Waals surface area contributed by atoms with Crippen LogP contribution in [-0.4, -0.2) is 18.9 Å². The van der Waals surface area contributed by atoms with Gasteiger partial charge in [0.2, 0.25) is 0 Å². The van der Waals surface area contributed by atoms with E-state index in [2.05, 4.69) is 0 Å². The summed E-state index contributed by atoms with van der Waals surface area (Å²) in [5, 5.41) is 0. The van der Waals surface area contributed by atoms with E-state index in [9.17, 15) is 9.59 Å². The molecule has 1 aromatic heterocycles. The van der Waals surface area contributed by atoms with E-state index in [0.29, 0.717) is 17.5 Å². The van der Waals surface area contributed by atoms with Gasteiger partial charge in [0.15, 0.2) is 5.78 Å². The van der Waals surface area contributed by atoms with Crippen LogP contribution in [-0.2, 0) is 11.2 Å². The zero-order valence-corrected chi connectivity index (χ0v) is 11.6. The van der Waals surface area contributed by atoms with E-state index in [1.54, 1.807) is 30.7 Å². The fourth-order valence-corrected chi connectivity index (χ4v) is 2.52. The second kappa shape index (κ2) is 5.40. The highest BCUT2D eigenvalue weighted by molar-refractivity contribution is 6.13. The Morgan fingerprint density at radius 1 is 1.29 bits per heavy atom. The van der Waals surface area contributed by atoms with Crippen LogP contribution in [0, 0.1) is 0 Å². The van der Waals surface area contributed by atoms with E-state index in [1.165, 1.54) is 7.11 Å². The van der Waals surface area contributed by atoms with Gasteiger partial charge in [-0.2, -0.15) is 0 Å². The third-order valence-corrected chi connectivity index (χ3v) is 3.61. The molecule has 0 atom stereocenters. The number of allylic oxidation sites excluding steroid dienone is 1. The number of Topliss-reactive ketones (excluding diaryl/α,β-unsaturated/α-hetero) is 1. The van der Waals surface area contributed by atoms with Crippen LogP contribution < -0.4 is 0 Å². The van der Waals surface area contributed by atoms with Gasteiger partial charge in [-0.1, -0.05) is 0 Å². The lowest BCUT2D eigenvalue weighted by Crippen LogP contribution is -2.15. The molecule has 0 saturated heterocycles. The maximum atomic E-state index is 12.5. The highest BCUT2D eigenvalue weighted by atomic mass is 16.5. The van der Waals surface area contributed by atoms with Gasteiger partial charge in [0.1, 0.15) is 0 Å². The molecule has 4 heteroatoms. The Labute approximate surface area is 122 Å². The van der Waals surface area contributed by atoms with Crippen molar-refractivity contribution in [3.8, 4) is 0 Å². The minimum absolute atomic E-state index is 0.00821. The highest BCUT2D eigenvalue weighted by Gasteiger charge is 2.23. The number of aryl methyl sites for hydroxylation is 1. The first-order valence-electron chi connectivity index (χ1n) is 6.68. The third kappa shape index (κ3) is 2.52. The topological polar surface area (TPSA) is 56.5 Å². The first-order chi connectivity index (χ1) is 10.2. The quantitative estimate of drug-likeness (QED) is 0.626. The summed E-state index contributed by atoms with van der Waals surface area (Å²) in [6.45, 7) is 0. The van der Waals surface area contributed by atoms with Crippen LogP contribution in [0.5, 0.6) is 0 Å². The molecule has 2 aromatic rings. The predicted octanol–water partition coefficient (Wildman–Crippen LogP) is 3.28. The van der Waals surface area contributed by atoms with Gasteiger partial charge in [-0.3, -0.25) is 4.79 Å². The van der Waals surface area contributed by atoms with E-state index in [4.69, 9.17) is 9.15 Å². The summed E-state index contributed by atoms with van der Waals surface area (Å²) in [7, 11) is 1.35. The summed E-state index contributed by atoms with van der Waals surface area (Å²) in [5.41, 5.74) is 3.67. The van der Waals surface area contributed by atoms with Crippen molar-refractivity contribution < 1.29 is 18.7 Å². The second-order valence-electron chi connectivity index (χ2n) is 4.92. The Morgan fingerprint density at radius 2 is 2.14 bits per heavy atom. The number of furan rings is 1. The molecular formula is C17H14O4. The van der Waals surface area contributed by atoms with Crippen molar-refractivity contribution in [1.29, 1.82) is 0 Å². The molecule has 106 valence electrons. The van der Waals surface area contributed by atoms with Crippen LogP contribution in [0.4, 0.5) is 0 Å². The van der Waals surface area contributed by atoms with E-state index in [0.717, 1.165) is 23.1 Å². The number of rotatable bonds is 2. The van der Waals surface area contributed by atoms with Crippen molar-refractivity contribution in [1.82, 2.24) is 0 Å². The largest absolute Gasteiger partial charge is 0.472 e. The Hall–Kier alpha value is -2.62. The van der Waals surface area contributed by atoms with Gasteiger partial charge in [-0.05, 0) is 48.7 Å². The first-order valence-corrected chi connectivity index (χ1v) is 6.68. The van der Waals surface area contributed by atoms with Crippen LogP contribution in [0.3, 0.4) is 0 Å². The van der Waals surface area contributed by atoms with Gasteiger partial charge < -0.3 is 9.15 Å². The number of carbonyl (C=O) groups excluding carboxylic acids is 2. The zero-order chi connectivity index (χ0) is 14.8. The molecule has 0 unspecified atom stereocenters. The number of methoxy groups -OCH3 is 1. The lowest BCUT2D eigenvalue weighted by atomic mass is 9.85. The molecular weight excluding hydrogens is 268 g/mol. The van der Waals surface area contributed by atoms with Crippen LogP contribution in [0.25, 0.3) is 6.08 Å². The number of carbonyl (C=O) groups is 2. The van der Waals surface area contributed by atoms with Gasteiger partial charge in [0, 0.05) is 16.7 Å². The maximum Gasteiger partial charge on any atom is 0.337 e. The third-order valence-electron chi connectivity index (χ3n) is 3.61. The molecule has 0 amide bonds. The molecule has 0 bridgehead atoms. The number of hydrogen-bond donors (Lipinski definition) is 0. The summed E-state index contributed by atoms with van der Waals surface area (Å²) in [6, 6.07) is 6.89. The SMILES string of the molecule is COC(=O)c1ccc2c(c1)CC/C(=C\c1ccoc1)C2=O. The normalized spacial score (nSPS) is 15.9. The van der Waals surface area contributed by atoms with Gasteiger partial charge in [-0.25, -0.2) is 4.79 Å². The number of hydrogen-bond acceptors (Lipinski definition) is 4. The minimum Gasteiger partial charge on any atom is -0.472 e. The monoisotopic (exact) mass is 282 g/mol. The predicted molar refractivity (Wildman–Crippen MR) is 77.1 cm³/mol. The van der Waals surface area contributed by atoms with Gasteiger partial charge in [0.05, 0.1) is 25.2 Å². The molecule has 1 aliphatic rings. The van der Waals surface area contributed by atoms with Gasteiger partial charge in [0.25, 0.3) is 0 Å². The maximum absolute atomic E-state index is 12.5. The Balaban J connectivity index is 1.94. The number of fused-ring (bicyclic) bond motifs is 1. The second-order valence-corrected chi connectivity index (χ2v) is 4.92. The zero-order valence-electron chi connectivity index (χ0n) is 11.6. The van der Waals surface area contributed by atoms with E-state index in [-0.39, 0.29) is 11.8 Å². The fourth-order valence-electron chi connectivity index (χ4n) is 2.52. The molecule has 0 N–H and O–H groups in total. The minimum atomic E-state index is -0.384. The van der Waals surface area contributed by atoms with Crippen LogP contribution in [0.2, 0.25) is 0 Å². The molecule has 4 nitrogen and oxygen atoms in total. The molecule has 1 aromatic carbocycles. The standard InChI is InChI=1S/C17H14O4/c1-20-17(19)14-4-5-15-12(9-14)2-3-13(16(15)18)8-11-6-7-21-10-11/h4-10H,2-3H2,1H3/b13-8+. The Morgan fingerprint density at radius 3 is 2.86 bits per heavy atom. The lowest BCUT2D eigenvalue weighted by Gasteiger charge is -2.18. The lowest BCUT2D eigenvalue weighted by molar-refractivity contribution is 0.0600. The molecule has 0 radical (unpaired) electrons. The molecule has 0 saturated carbocycles. The smallest absolute Gasteiger partial charge is 0.337 e. The van der Waals surface area contributed by atoms with Crippen LogP contribution in [0.15, 0.2) is 46.8 Å². The van der Waals surface area contributed by atoms with Crippen molar-refractivity contribution in [2.75, 3.05) is 7.11 Å². The van der Waals surface area contributed by atoms with E-state index >= 15 is 0 Å². The first kappa shape index (κ1) is 13.4. The van der Waals surface area contributed by atoms with E-state index in [1.807, 2.05) is 12.1 Å². The molecule has 1 heterocycles. The average molecular weight is 282 g/mol.